The maximum absolute atomic E-state index is 14.1. The van der Waals surface area contributed by atoms with Crippen LogP contribution in [-0.4, -0.2) is 41.0 Å². The quantitative estimate of drug-likeness (QED) is 0.767. The molecule has 2 aromatic carbocycles. The summed E-state index contributed by atoms with van der Waals surface area (Å²) in [5, 5.41) is 0. The summed E-state index contributed by atoms with van der Waals surface area (Å²) < 4.78 is 28.3. The molecule has 6 heteroatoms. The van der Waals surface area contributed by atoms with E-state index in [1.165, 1.54) is 18.2 Å². The SMILES string of the molecule is CC(c1c(F)cccc1F)N1CCCN(c2nc3ccccc3[nH]2)CC1. The molecule has 0 saturated carbocycles. The van der Waals surface area contributed by atoms with Gasteiger partial charge in [0.05, 0.1) is 11.0 Å². The Hall–Kier alpha value is -2.47. The fourth-order valence-electron chi connectivity index (χ4n) is 3.72. The number of rotatable bonds is 3. The molecular weight excluding hydrogens is 334 g/mol. The van der Waals surface area contributed by atoms with Crippen molar-refractivity contribution in [2.24, 2.45) is 0 Å². The molecule has 1 atom stereocenters. The lowest BCUT2D eigenvalue weighted by molar-refractivity contribution is 0.217. The smallest absolute Gasteiger partial charge is 0.203 e. The molecule has 0 spiro atoms. The molecule has 136 valence electrons. The van der Waals surface area contributed by atoms with Crippen LogP contribution in [0.3, 0.4) is 0 Å². The summed E-state index contributed by atoms with van der Waals surface area (Å²) in [5.41, 5.74) is 2.13. The van der Waals surface area contributed by atoms with Gasteiger partial charge in [0.1, 0.15) is 11.6 Å². The highest BCUT2D eigenvalue weighted by Crippen LogP contribution is 2.27. The number of aromatic nitrogens is 2. The number of H-pyrrole nitrogens is 1. The van der Waals surface area contributed by atoms with Crippen LogP contribution in [0.25, 0.3) is 11.0 Å². The number of benzene rings is 2. The first-order valence-corrected chi connectivity index (χ1v) is 9.01. The Bertz CT molecular complexity index is 854. The van der Waals surface area contributed by atoms with Gasteiger partial charge < -0.3 is 9.88 Å². The maximum atomic E-state index is 14.1. The van der Waals surface area contributed by atoms with Gasteiger partial charge in [0.15, 0.2) is 0 Å². The molecular formula is C20H22F2N4. The van der Waals surface area contributed by atoms with Crippen molar-refractivity contribution in [1.29, 1.82) is 0 Å². The van der Waals surface area contributed by atoms with Crippen molar-refractivity contribution >= 4 is 17.0 Å². The molecule has 1 aliphatic heterocycles. The Balaban J connectivity index is 1.51. The number of halogens is 2. The number of anilines is 1. The van der Waals surface area contributed by atoms with Crippen molar-refractivity contribution in [3.05, 3.63) is 59.7 Å². The number of nitrogens with one attached hydrogen (secondary N) is 1. The molecule has 1 aliphatic rings. The highest BCUT2D eigenvalue weighted by atomic mass is 19.1. The zero-order valence-electron chi connectivity index (χ0n) is 14.8. The van der Waals surface area contributed by atoms with Crippen LogP contribution in [0.5, 0.6) is 0 Å². The molecule has 0 radical (unpaired) electrons. The van der Waals surface area contributed by atoms with Crippen LogP contribution in [0.1, 0.15) is 24.9 Å². The summed E-state index contributed by atoms with van der Waals surface area (Å²) in [6.45, 7) is 5.03. The van der Waals surface area contributed by atoms with E-state index in [1.54, 1.807) is 0 Å². The number of nitrogens with zero attached hydrogens (tertiary/aromatic N) is 3. The van der Waals surface area contributed by atoms with Crippen LogP contribution in [0, 0.1) is 11.6 Å². The third kappa shape index (κ3) is 3.17. The lowest BCUT2D eigenvalue weighted by Crippen LogP contribution is -2.33. The zero-order valence-corrected chi connectivity index (χ0v) is 14.8. The van der Waals surface area contributed by atoms with Gasteiger partial charge in [-0.3, -0.25) is 4.90 Å². The Morgan fingerprint density at radius 2 is 1.73 bits per heavy atom. The van der Waals surface area contributed by atoms with E-state index >= 15 is 0 Å². The first-order chi connectivity index (χ1) is 12.6. The molecule has 0 amide bonds. The van der Waals surface area contributed by atoms with Crippen LogP contribution >= 0.6 is 0 Å². The van der Waals surface area contributed by atoms with Gasteiger partial charge >= 0.3 is 0 Å². The first-order valence-electron chi connectivity index (χ1n) is 9.01. The predicted octanol–water partition coefficient (Wildman–Crippen LogP) is 4.11. The molecule has 26 heavy (non-hydrogen) atoms. The highest BCUT2D eigenvalue weighted by molar-refractivity contribution is 5.77. The second-order valence-electron chi connectivity index (χ2n) is 6.77. The van der Waals surface area contributed by atoms with Gasteiger partial charge in [0.2, 0.25) is 5.95 Å². The Morgan fingerprint density at radius 3 is 2.50 bits per heavy atom. The molecule has 1 unspecified atom stereocenters. The van der Waals surface area contributed by atoms with Crippen LogP contribution in [0.15, 0.2) is 42.5 Å². The number of hydrogen-bond donors (Lipinski definition) is 1. The van der Waals surface area contributed by atoms with E-state index in [0.717, 1.165) is 49.6 Å². The summed E-state index contributed by atoms with van der Waals surface area (Å²) in [7, 11) is 0. The van der Waals surface area contributed by atoms with Crippen molar-refractivity contribution in [3.63, 3.8) is 0 Å². The molecule has 0 bridgehead atoms. The van der Waals surface area contributed by atoms with Crippen molar-refractivity contribution in [2.75, 3.05) is 31.1 Å². The summed E-state index contributed by atoms with van der Waals surface area (Å²) in [6.07, 6.45) is 0.914. The fourth-order valence-corrected chi connectivity index (χ4v) is 3.72. The van der Waals surface area contributed by atoms with Crippen molar-refractivity contribution in [3.8, 4) is 0 Å². The minimum atomic E-state index is -0.476. The van der Waals surface area contributed by atoms with Crippen molar-refractivity contribution in [1.82, 2.24) is 14.9 Å². The van der Waals surface area contributed by atoms with Crippen LogP contribution in [-0.2, 0) is 0 Å². The second-order valence-corrected chi connectivity index (χ2v) is 6.77. The van der Waals surface area contributed by atoms with E-state index in [-0.39, 0.29) is 11.6 Å². The monoisotopic (exact) mass is 356 g/mol. The summed E-state index contributed by atoms with van der Waals surface area (Å²) >= 11 is 0. The summed E-state index contributed by atoms with van der Waals surface area (Å²) in [6, 6.07) is 11.7. The predicted molar refractivity (Wildman–Crippen MR) is 99.3 cm³/mol. The van der Waals surface area contributed by atoms with Crippen molar-refractivity contribution in [2.45, 2.75) is 19.4 Å². The summed E-state index contributed by atoms with van der Waals surface area (Å²) in [5.74, 6) is -0.0930. The molecule has 4 rings (SSSR count). The zero-order chi connectivity index (χ0) is 18.1. The molecule has 1 fully saturated rings. The van der Waals surface area contributed by atoms with E-state index in [4.69, 9.17) is 0 Å². The largest absolute Gasteiger partial charge is 0.341 e. The number of imidazole rings is 1. The first kappa shape index (κ1) is 17.0. The third-order valence-electron chi connectivity index (χ3n) is 5.17. The van der Waals surface area contributed by atoms with Gasteiger partial charge in [0, 0.05) is 37.8 Å². The van der Waals surface area contributed by atoms with Crippen molar-refractivity contribution < 1.29 is 8.78 Å². The Labute approximate surface area is 151 Å². The molecule has 1 saturated heterocycles. The third-order valence-corrected chi connectivity index (χ3v) is 5.17. The van der Waals surface area contributed by atoms with Crippen LogP contribution in [0.2, 0.25) is 0 Å². The average molecular weight is 356 g/mol. The maximum Gasteiger partial charge on any atom is 0.203 e. The Morgan fingerprint density at radius 1 is 0.962 bits per heavy atom. The van der Waals surface area contributed by atoms with Gasteiger partial charge in [-0.05, 0) is 37.6 Å². The second kappa shape index (κ2) is 7.03. The van der Waals surface area contributed by atoms with Gasteiger partial charge in [-0.25, -0.2) is 13.8 Å². The lowest BCUT2D eigenvalue weighted by atomic mass is 10.1. The normalized spacial score (nSPS) is 17.4. The minimum absolute atomic E-state index is 0.157. The van der Waals surface area contributed by atoms with E-state index in [9.17, 15) is 8.78 Å². The number of hydrogen-bond acceptors (Lipinski definition) is 3. The van der Waals surface area contributed by atoms with Gasteiger partial charge in [-0.15, -0.1) is 0 Å². The molecule has 2 heterocycles. The van der Waals surface area contributed by atoms with Gasteiger partial charge in [-0.2, -0.15) is 0 Å². The lowest BCUT2D eigenvalue weighted by Gasteiger charge is -2.28. The van der Waals surface area contributed by atoms with Gasteiger partial charge in [-0.1, -0.05) is 18.2 Å². The summed E-state index contributed by atoms with van der Waals surface area (Å²) in [4.78, 5) is 12.4. The van der Waals surface area contributed by atoms with Crippen LogP contribution < -0.4 is 4.90 Å². The van der Waals surface area contributed by atoms with E-state index in [1.807, 2.05) is 31.2 Å². The number of aromatic amines is 1. The number of fused-ring (bicyclic) bond motifs is 1. The fraction of sp³-hybridized carbons (Fsp3) is 0.350. The number of para-hydroxylation sites is 2. The van der Waals surface area contributed by atoms with Crippen LogP contribution in [0.4, 0.5) is 14.7 Å². The Kier molecular flexibility index (Phi) is 4.59. The molecule has 4 nitrogen and oxygen atoms in total. The molecule has 3 aromatic rings. The standard InChI is InChI=1S/C20H22F2N4/c1-14(19-15(21)6-4-7-16(19)22)25-10-5-11-26(13-12-25)20-23-17-8-2-3-9-18(17)24-20/h2-4,6-9,14H,5,10-13H2,1H3,(H,23,24). The molecule has 0 aliphatic carbocycles. The molecule has 1 N–H and O–H groups in total. The minimum Gasteiger partial charge on any atom is -0.341 e. The van der Waals surface area contributed by atoms with E-state index in [0.29, 0.717) is 0 Å². The molecule has 1 aromatic heterocycles. The van der Waals surface area contributed by atoms with E-state index < -0.39 is 11.6 Å². The van der Waals surface area contributed by atoms with Gasteiger partial charge in [0.25, 0.3) is 0 Å². The van der Waals surface area contributed by atoms with E-state index in [2.05, 4.69) is 19.8 Å². The highest BCUT2D eigenvalue weighted by Gasteiger charge is 2.25. The topological polar surface area (TPSA) is 35.2 Å². The average Bonchev–Trinajstić information content (AvgIpc) is 2.90.